The van der Waals surface area contributed by atoms with Crippen molar-refractivity contribution in [3.63, 3.8) is 0 Å². The Labute approximate surface area is 275 Å². The van der Waals surface area contributed by atoms with Crippen molar-refractivity contribution in [2.45, 2.75) is 39.0 Å². The molecule has 1 saturated heterocycles. The van der Waals surface area contributed by atoms with Gasteiger partial charge in [0.15, 0.2) is 0 Å². The molecule has 2 aliphatic heterocycles. The van der Waals surface area contributed by atoms with E-state index in [1.165, 1.54) is 21.0 Å². The third kappa shape index (κ3) is 8.23. The highest BCUT2D eigenvalue weighted by atomic mass is 35.5. The van der Waals surface area contributed by atoms with Crippen molar-refractivity contribution in [2.24, 2.45) is 0 Å². The molecule has 4 aromatic rings. The summed E-state index contributed by atoms with van der Waals surface area (Å²) in [6.07, 6.45) is 2.87. The quantitative estimate of drug-likeness (QED) is 0.241. The number of nitrogens with one attached hydrogen (secondary N) is 1. The predicted molar refractivity (Wildman–Crippen MR) is 181 cm³/mol. The second-order valence-corrected chi connectivity index (χ2v) is 14.9. The molecule has 2 aliphatic rings. The van der Waals surface area contributed by atoms with Crippen LogP contribution in [0.25, 0.3) is 11.3 Å². The molecule has 45 heavy (non-hydrogen) atoms. The third-order valence-corrected chi connectivity index (χ3v) is 10.7. The maximum absolute atomic E-state index is 12.5. The monoisotopic (exact) mass is 663 g/mol. The molecule has 0 radical (unpaired) electrons. The summed E-state index contributed by atoms with van der Waals surface area (Å²) >= 11 is 8.37. The molecule has 0 spiro atoms. The van der Waals surface area contributed by atoms with E-state index in [1.54, 1.807) is 11.3 Å². The molecule has 1 fully saturated rings. The molecule has 0 atom stereocenters. The first-order valence-corrected chi connectivity index (χ1v) is 18.4. The van der Waals surface area contributed by atoms with Crippen LogP contribution in [-0.2, 0) is 47.4 Å². The van der Waals surface area contributed by atoms with Crippen LogP contribution >= 0.6 is 22.9 Å². The SMILES string of the molecule is CS(=O)(=O)N1CCc2c(c(-c3ccc(Cl)c(C#Cc4ccc(CNCc5cccs5)cc4)c3)nn2CCCN2CCOCC2)C1. The van der Waals surface area contributed by atoms with Crippen LogP contribution in [0, 0.1) is 11.8 Å². The summed E-state index contributed by atoms with van der Waals surface area (Å²) in [5.74, 6) is 6.52. The fourth-order valence-electron chi connectivity index (χ4n) is 5.79. The minimum absolute atomic E-state index is 0.311. The molecule has 0 bridgehead atoms. The standard InChI is InChI=1S/C34H38ClN5O3S2/c1-45(41,42)39-16-13-33-31(25-39)34(37-40(33)15-3-14-38-17-19-43-20-18-38)29-11-12-32(35)28(22-29)10-9-26-5-7-27(8-6-26)23-36-24-30-4-2-21-44-30/h2,4-8,11-12,21-22,36H,3,13-20,23-25H2,1H3. The molecule has 11 heteroatoms. The fraction of sp³-hybridized carbons (Fsp3) is 0.382. The third-order valence-electron chi connectivity index (χ3n) is 8.26. The molecule has 0 unspecified atom stereocenters. The molecule has 2 aromatic heterocycles. The van der Waals surface area contributed by atoms with Gasteiger partial charge in [0.05, 0.1) is 30.2 Å². The van der Waals surface area contributed by atoms with Gasteiger partial charge in [-0.2, -0.15) is 9.40 Å². The number of benzene rings is 2. The number of aryl methyl sites for hydroxylation is 1. The molecule has 2 aromatic carbocycles. The highest BCUT2D eigenvalue weighted by Gasteiger charge is 2.30. The van der Waals surface area contributed by atoms with Crippen LogP contribution in [0.1, 0.15) is 39.2 Å². The van der Waals surface area contributed by atoms with Gasteiger partial charge < -0.3 is 10.1 Å². The number of hydrogen-bond donors (Lipinski definition) is 1. The largest absolute Gasteiger partial charge is 0.379 e. The lowest BCUT2D eigenvalue weighted by molar-refractivity contribution is 0.0368. The van der Waals surface area contributed by atoms with Crippen LogP contribution in [0.5, 0.6) is 0 Å². The highest BCUT2D eigenvalue weighted by Crippen LogP contribution is 2.33. The first-order chi connectivity index (χ1) is 21.8. The van der Waals surface area contributed by atoms with Crippen LogP contribution in [-0.4, -0.2) is 73.1 Å². The van der Waals surface area contributed by atoms with Gasteiger partial charge in [-0.15, -0.1) is 11.3 Å². The van der Waals surface area contributed by atoms with Crippen LogP contribution in [0.4, 0.5) is 0 Å². The zero-order chi connectivity index (χ0) is 31.2. The number of rotatable bonds is 10. The van der Waals surface area contributed by atoms with Gasteiger partial charge >= 0.3 is 0 Å². The summed E-state index contributed by atoms with van der Waals surface area (Å²) in [4.78, 5) is 3.74. The zero-order valence-corrected chi connectivity index (χ0v) is 27.9. The summed E-state index contributed by atoms with van der Waals surface area (Å²) in [6.45, 7) is 7.65. The summed E-state index contributed by atoms with van der Waals surface area (Å²) < 4.78 is 34.1. The van der Waals surface area contributed by atoms with Gasteiger partial charge in [0, 0.05) is 91.6 Å². The van der Waals surface area contributed by atoms with E-state index in [-0.39, 0.29) is 0 Å². The Kier molecular flexibility index (Phi) is 10.4. The molecule has 0 aliphatic carbocycles. The van der Waals surface area contributed by atoms with Gasteiger partial charge in [-0.3, -0.25) is 9.58 Å². The minimum Gasteiger partial charge on any atom is -0.379 e. The van der Waals surface area contributed by atoms with Gasteiger partial charge in [-0.05, 0) is 47.7 Å². The fourth-order valence-corrected chi connectivity index (χ4v) is 7.42. The number of fused-ring (bicyclic) bond motifs is 1. The van der Waals surface area contributed by atoms with Gasteiger partial charge in [-0.1, -0.05) is 47.7 Å². The number of halogens is 1. The maximum atomic E-state index is 12.5. The summed E-state index contributed by atoms with van der Waals surface area (Å²) in [5, 5.41) is 11.2. The van der Waals surface area contributed by atoms with Crippen LogP contribution in [0.3, 0.4) is 0 Å². The van der Waals surface area contributed by atoms with Crippen molar-refractivity contribution in [1.29, 1.82) is 0 Å². The minimum atomic E-state index is -3.33. The van der Waals surface area contributed by atoms with E-state index in [1.807, 2.05) is 30.3 Å². The van der Waals surface area contributed by atoms with E-state index >= 15 is 0 Å². The van der Waals surface area contributed by atoms with Crippen LogP contribution < -0.4 is 5.32 Å². The number of nitrogens with zero attached hydrogens (tertiary/aromatic N) is 4. The summed E-state index contributed by atoms with van der Waals surface area (Å²) in [7, 11) is -3.33. The van der Waals surface area contributed by atoms with Gasteiger partial charge in [0.1, 0.15) is 0 Å². The normalized spacial score (nSPS) is 15.9. The molecule has 6 rings (SSSR count). The number of morpholine rings is 1. The van der Waals surface area contributed by atoms with Crippen LogP contribution in [0.15, 0.2) is 60.0 Å². The lowest BCUT2D eigenvalue weighted by Crippen LogP contribution is -2.37. The van der Waals surface area contributed by atoms with E-state index in [2.05, 4.69) is 56.4 Å². The van der Waals surface area contributed by atoms with Crippen molar-refractivity contribution in [3.8, 4) is 23.1 Å². The number of hydrogen-bond acceptors (Lipinski definition) is 7. The Balaban J connectivity index is 1.20. The summed E-state index contributed by atoms with van der Waals surface area (Å²) in [6, 6.07) is 18.2. The molecular weight excluding hydrogens is 626 g/mol. The van der Waals surface area contributed by atoms with E-state index in [0.717, 1.165) is 87.0 Å². The predicted octanol–water partition coefficient (Wildman–Crippen LogP) is 4.99. The van der Waals surface area contributed by atoms with Gasteiger partial charge in [0.2, 0.25) is 10.0 Å². The van der Waals surface area contributed by atoms with Crippen molar-refractivity contribution < 1.29 is 13.2 Å². The molecular formula is C34H38ClN5O3S2. The first kappa shape index (κ1) is 32.0. The Morgan fingerprint density at radius 3 is 2.60 bits per heavy atom. The number of thiophene rings is 1. The average molecular weight is 664 g/mol. The van der Waals surface area contributed by atoms with E-state index in [9.17, 15) is 8.42 Å². The van der Waals surface area contributed by atoms with E-state index in [4.69, 9.17) is 21.4 Å². The molecule has 0 saturated carbocycles. The molecule has 1 N–H and O–H groups in total. The second kappa shape index (κ2) is 14.6. The highest BCUT2D eigenvalue weighted by molar-refractivity contribution is 7.88. The number of sulfonamides is 1. The second-order valence-electron chi connectivity index (χ2n) is 11.5. The smallest absolute Gasteiger partial charge is 0.211 e. The Morgan fingerprint density at radius 2 is 1.84 bits per heavy atom. The molecule has 0 amide bonds. The number of aromatic nitrogens is 2. The molecule has 236 valence electrons. The molecule has 4 heterocycles. The maximum Gasteiger partial charge on any atom is 0.211 e. The first-order valence-electron chi connectivity index (χ1n) is 15.3. The van der Waals surface area contributed by atoms with Gasteiger partial charge in [0.25, 0.3) is 0 Å². The summed E-state index contributed by atoms with van der Waals surface area (Å²) in [5.41, 5.74) is 6.57. The Morgan fingerprint density at radius 1 is 1.02 bits per heavy atom. The zero-order valence-electron chi connectivity index (χ0n) is 25.5. The van der Waals surface area contributed by atoms with Crippen molar-refractivity contribution in [3.05, 3.63) is 97.8 Å². The van der Waals surface area contributed by atoms with Gasteiger partial charge in [-0.25, -0.2) is 8.42 Å². The Hall–Kier alpha value is -3.01. The van der Waals surface area contributed by atoms with Crippen molar-refractivity contribution in [2.75, 3.05) is 45.6 Å². The Bertz CT molecular complexity index is 1770. The van der Waals surface area contributed by atoms with Crippen LogP contribution in [0.2, 0.25) is 5.02 Å². The average Bonchev–Trinajstić information content (AvgIpc) is 3.69. The van der Waals surface area contributed by atoms with Crippen molar-refractivity contribution >= 4 is 33.0 Å². The topological polar surface area (TPSA) is 79.7 Å². The van der Waals surface area contributed by atoms with E-state index in [0.29, 0.717) is 30.1 Å². The van der Waals surface area contributed by atoms with E-state index < -0.39 is 10.0 Å². The number of ether oxygens (including phenoxy) is 1. The lowest BCUT2D eigenvalue weighted by atomic mass is 10.0. The van der Waals surface area contributed by atoms with Crippen molar-refractivity contribution in [1.82, 2.24) is 24.3 Å². The molecule has 8 nitrogen and oxygen atoms in total. The lowest BCUT2D eigenvalue weighted by Gasteiger charge is -2.27.